The van der Waals surface area contributed by atoms with Crippen LogP contribution in [0.1, 0.15) is 12.1 Å². The van der Waals surface area contributed by atoms with E-state index >= 15 is 0 Å². The second-order valence-electron chi connectivity index (χ2n) is 3.93. The van der Waals surface area contributed by atoms with Crippen molar-refractivity contribution in [3.05, 3.63) is 18.1 Å². The molecule has 88 valence electrons. The standard InChI is InChI=1S/C11H18N4O/c1-16-11-7-10(13-9-14-11)8-15-5-2-3-12-4-6-15/h7,9,12H,2-6,8H2,1H3. The summed E-state index contributed by atoms with van der Waals surface area (Å²) in [7, 11) is 1.63. The highest BCUT2D eigenvalue weighted by molar-refractivity contribution is 5.13. The van der Waals surface area contributed by atoms with Gasteiger partial charge in [-0.3, -0.25) is 4.90 Å². The lowest BCUT2D eigenvalue weighted by atomic mass is 10.3. The van der Waals surface area contributed by atoms with Gasteiger partial charge in [-0.2, -0.15) is 0 Å². The second kappa shape index (κ2) is 5.77. The number of hydrogen-bond acceptors (Lipinski definition) is 5. The van der Waals surface area contributed by atoms with Crippen molar-refractivity contribution in [3.63, 3.8) is 0 Å². The molecule has 2 heterocycles. The van der Waals surface area contributed by atoms with Crippen molar-refractivity contribution in [2.24, 2.45) is 0 Å². The van der Waals surface area contributed by atoms with Crippen LogP contribution in [0.4, 0.5) is 0 Å². The lowest BCUT2D eigenvalue weighted by Crippen LogP contribution is -2.28. The first kappa shape index (κ1) is 11.3. The van der Waals surface area contributed by atoms with Crippen LogP contribution in [0.2, 0.25) is 0 Å². The Labute approximate surface area is 95.8 Å². The predicted octanol–water partition coefficient (Wildman–Crippen LogP) is 0.280. The highest BCUT2D eigenvalue weighted by atomic mass is 16.5. The quantitative estimate of drug-likeness (QED) is 0.796. The van der Waals surface area contributed by atoms with E-state index in [4.69, 9.17) is 4.74 Å². The normalized spacial score (nSPS) is 18.1. The molecule has 0 amide bonds. The largest absolute Gasteiger partial charge is 0.481 e. The summed E-state index contributed by atoms with van der Waals surface area (Å²) in [4.78, 5) is 10.7. The van der Waals surface area contributed by atoms with Gasteiger partial charge in [-0.05, 0) is 19.5 Å². The molecule has 1 N–H and O–H groups in total. The number of rotatable bonds is 3. The van der Waals surface area contributed by atoms with E-state index in [1.165, 1.54) is 6.42 Å². The third kappa shape index (κ3) is 3.15. The van der Waals surface area contributed by atoms with Crippen LogP contribution in [0.25, 0.3) is 0 Å². The average molecular weight is 222 g/mol. The molecule has 1 aliphatic heterocycles. The van der Waals surface area contributed by atoms with Gasteiger partial charge in [0, 0.05) is 25.7 Å². The summed E-state index contributed by atoms with van der Waals surface area (Å²) in [5.41, 5.74) is 1.02. The van der Waals surface area contributed by atoms with Crippen LogP contribution in [0, 0.1) is 0 Å². The maximum absolute atomic E-state index is 5.09. The fourth-order valence-corrected chi connectivity index (χ4v) is 1.86. The molecule has 0 aromatic carbocycles. The minimum atomic E-state index is 0.637. The number of nitrogens with one attached hydrogen (secondary N) is 1. The van der Waals surface area contributed by atoms with Gasteiger partial charge in [0.15, 0.2) is 0 Å². The molecule has 0 unspecified atom stereocenters. The van der Waals surface area contributed by atoms with Crippen LogP contribution in [-0.4, -0.2) is 48.2 Å². The Bertz CT molecular complexity index is 324. The molecule has 0 spiro atoms. The summed E-state index contributed by atoms with van der Waals surface area (Å²) in [6, 6.07) is 1.90. The first-order valence-corrected chi connectivity index (χ1v) is 5.66. The van der Waals surface area contributed by atoms with E-state index in [1.54, 1.807) is 13.4 Å². The molecule has 0 saturated carbocycles. The summed E-state index contributed by atoms with van der Waals surface area (Å²) < 4.78 is 5.09. The molecule has 1 aromatic heterocycles. The van der Waals surface area contributed by atoms with E-state index in [1.807, 2.05) is 6.07 Å². The Morgan fingerprint density at radius 2 is 2.31 bits per heavy atom. The first-order chi connectivity index (χ1) is 7.88. The summed E-state index contributed by atoms with van der Waals surface area (Å²) in [5, 5.41) is 3.39. The Morgan fingerprint density at radius 3 is 3.19 bits per heavy atom. The van der Waals surface area contributed by atoms with Crippen molar-refractivity contribution in [1.82, 2.24) is 20.2 Å². The highest BCUT2D eigenvalue weighted by Crippen LogP contribution is 2.09. The van der Waals surface area contributed by atoms with Crippen LogP contribution < -0.4 is 10.1 Å². The number of aromatic nitrogens is 2. The van der Waals surface area contributed by atoms with Gasteiger partial charge < -0.3 is 10.1 Å². The molecule has 16 heavy (non-hydrogen) atoms. The molecule has 0 radical (unpaired) electrons. The molecule has 1 aliphatic rings. The van der Waals surface area contributed by atoms with E-state index in [-0.39, 0.29) is 0 Å². The first-order valence-electron chi connectivity index (χ1n) is 5.66. The Kier molecular flexibility index (Phi) is 4.07. The third-order valence-electron chi connectivity index (χ3n) is 2.73. The van der Waals surface area contributed by atoms with Crippen LogP contribution in [0.15, 0.2) is 12.4 Å². The van der Waals surface area contributed by atoms with Crippen LogP contribution in [0.3, 0.4) is 0 Å². The highest BCUT2D eigenvalue weighted by Gasteiger charge is 2.10. The van der Waals surface area contributed by atoms with E-state index in [0.29, 0.717) is 5.88 Å². The lowest BCUT2D eigenvalue weighted by Gasteiger charge is -2.18. The zero-order valence-corrected chi connectivity index (χ0v) is 9.65. The van der Waals surface area contributed by atoms with Crippen molar-refractivity contribution in [2.75, 3.05) is 33.3 Å². The number of hydrogen-bond donors (Lipinski definition) is 1. The van der Waals surface area contributed by atoms with Crippen molar-refractivity contribution in [1.29, 1.82) is 0 Å². The zero-order valence-electron chi connectivity index (χ0n) is 9.65. The molecule has 5 nitrogen and oxygen atoms in total. The van der Waals surface area contributed by atoms with Crippen molar-refractivity contribution >= 4 is 0 Å². The van der Waals surface area contributed by atoms with Gasteiger partial charge in [0.1, 0.15) is 6.33 Å². The van der Waals surface area contributed by atoms with E-state index < -0.39 is 0 Å². The van der Waals surface area contributed by atoms with Crippen LogP contribution in [-0.2, 0) is 6.54 Å². The van der Waals surface area contributed by atoms with E-state index in [0.717, 1.165) is 38.4 Å². The SMILES string of the molecule is COc1cc(CN2CCCNCC2)ncn1. The monoisotopic (exact) mass is 222 g/mol. The average Bonchev–Trinajstić information content (AvgIpc) is 2.58. The Hall–Kier alpha value is -1.20. The molecule has 0 atom stereocenters. The van der Waals surface area contributed by atoms with Gasteiger partial charge >= 0.3 is 0 Å². The molecule has 1 saturated heterocycles. The molecule has 0 bridgehead atoms. The molecule has 1 aromatic rings. The Balaban J connectivity index is 1.96. The van der Waals surface area contributed by atoms with Gasteiger partial charge in [0.2, 0.25) is 5.88 Å². The van der Waals surface area contributed by atoms with Crippen molar-refractivity contribution in [2.45, 2.75) is 13.0 Å². The maximum Gasteiger partial charge on any atom is 0.216 e. The van der Waals surface area contributed by atoms with Gasteiger partial charge in [-0.15, -0.1) is 0 Å². The molecule has 2 rings (SSSR count). The van der Waals surface area contributed by atoms with Gasteiger partial charge in [0.05, 0.1) is 12.8 Å². The number of nitrogens with zero attached hydrogens (tertiary/aromatic N) is 3. The van der Waals surface area contributed by atoms with Gasteiger partial charge in [-0.1, -0.05) is 0 Å². The van der Waals surface area contributed by atoms with Crippen molar-refractivity contribution < 1.29 is 4.74 Å². The Morgan fingerprint density at radius 1 is 1.38 bits per heavy atom. The predicted molar refractivity (Wildman–Crippen MR) is 61.3 cm³/mol. The molecular formula is C11H18N4O. The topological polar surface area (TPSA) is 50.3 Å². The minimum absolute atomic E-state index is 0.637. The molecule has 5 heteroatoms. The maximum atomic E-state index is 5.09. The second-order valence-corrected chi connectivity index (χ2v) is 3.93. The smallest absolute Gasteiger partial charge is 0.216 e. The molecule has 1 fully saturated rings. The molecular weight excluding hydrogens is 204 g/mol. The van der Waals surface area contributed by atoms with Crippen molar-refractivity contribution in [3.8, 4) is 5.88 Å². The summed E-state index contributed by atoms with van der Waals surface area (Å²) >= 11 is 0. The lowest BCUT2D eigenvalue weighted by molar-refractivity contribution is 0.280. The number of ether oxygens (including phenoxy) is 1. The minimum Gasteiger partial charge on any atom is -0.481 e. The van der Waals surface area contributed by atoms with E-state index in [9.17, 15) is 0 Å². The number of methoxy groups -OCH3 is 1. The van der Waals surface area contributed by atoms with Gasteiger partial charge in [-0.25, -0.2) is 9.97 Å². The fourth-order valence-electron chi connectivity index (χ4n) is 1.86. The summed E-state index contributed by atoms with van der Waals surface area (Å²) in [5.74, 6) is 0.637. The van der Waals surface area contributed by atoms with Crippen LogP contribution >= 0.6 is 0 Å². The van der Waals surface area contributed by atoms with Crippen LogP contribution in [0.5, 0.6) is 5.88 Å². The molecule has 0 aliphatic carbocycles. The fraction of sp³-hybridized carbons (Fsp3) is 0.636. The summed E-state index contributed by atoms with van der Waals surface area (Å²) in [6.45, 7) is 5.25. The third-order valence-corrected chi connectivity index (χ3v) is 2.73. The zero-order chi connectivity index (χ0) is 11.2. The van der Waals surface area contributed by atoms with E-state index in [2.05, 4.69) is 20.2 Å². The summed E-state index contributed by atoms with van der Waals surface area (Å²) in [6.07, 6.45) is 2.76. The van der Waals surface area contributed by atoms with Gasteiger partial charge in [0.25, 0.3) is 0 Å².